The van der Waals surface area contributed by atoms with E-state index < -0.39 is 0 Å². The van der Waals surface area contributed by atoms with E-state index in [-0.39, 0.29) is 0 Å². The molecule has 6 heteroatoms. The summed E-state index contributed by atoms with van der Waals surface area (Å²) >= 11 is 0. The number of nitrogens with zero attached hydrogens (tertiary/aromatic N) is 4. The second-order valence-corrected chi connectivity index (χ2v) is 6.52. The lowest BCUT2D eigenvalue weighted by atomic mass is 10.1. The first-order valence-corrected chi connectivity index (χ1v) is 8.91. The minimum atomic E-state index is 0.619. The van der Waals surface area contributed by atoms with Crippen LogP contribution in [0.1, 0.15) is 11.1 Å². The van der Waals surface area contributed by atoms with Gasteiger partial charge in [0.05, 0.1) is 13.7 Å². The molecule has 132 valence electrons. The molecule has 0 unspecified atom stereocenters. The van der Waals surface area contributed by atoms with Gasteiger partial charge < -0.3 is 14.4 Å². The predicted molar refractivity (Wildman–Crippen MR) is 96.6 cm³/mol. The molecule has 1 aromatic carbocycles. The maximum atomic E-state index is 5.58. The highest BCUT2D eigenvalue weighted by Gasteiger charge is 2.19. The van der Waals surface area contributed by atoms with Crippen LogP contribution in [0.4, 0.5) is 5.95 Å². The van der Waals surface area contributed by atoms with E-state index in [1.165, 1.54) is 11.1 Å². The molecule has 0 bridgehead atoms. The Hall–Kier alpha value is -2.34. The first kappa shape index (κ1) is 16.1. The molecule has 0 saturated carbocycles. The Kier molecular flexibility index (Phi) is 4.70. The molecule has 1 fully saturated rings. The van der Waals surface area contributed by atoms with Crippen molar-refractivity contribution in [2.45, 2.75) is 12.8 Å². The molecule has 0 spiro atoms. The van der Waals surface area contributed by atoms with Crippen molar-refractivity contribution in [1.82, 2.24) is 14.9 Å². The Labute approximate surface area is 148 Å². The van der Waals surface area contributed by atoms with Crippen LogP contribution in [-0.4, -0.2) is 61.3 Å². The van der Waals surface area contributed by atoms with Gasteiger partial charge in [-0.05, 0) is 23.6 Å². The second-order valence-electron chi connectivity index (χ2n) is 6.52. The smallest absolute Gasteiger partial charge is 0.228 e. The van der Waals surface area contributed by atoms with E-state index >= 15 is 0 Å². The van der Waals surface area contributed by atoms with Gasteiger partial charge in [-0.3, -0.25) is 4.90 Å². The third-order valence-corrected chi connectivity index (χ3v) is 4.95. The molecule has 6 nitrogen and oxygen atoms in total. The molecular formula is C19H24N4O2. The van der Waals surface area contributed by atoms with Crippen molar-refractivity contribution in [1.29, 1.82) is 0 Å². The first-order valence-electron chi connectivity index (χ1n) is 8.91. The van der Waals surface area contributed by atoms with Gasteiger partial charge in [-0.2, -0.15) is 4.98 Å². The van der Waals surface area contributed by atoms with Crippen molar-refractivity contribution in [3.63, 3.8) is 0 Å². The largest absolute Gasteiger partial charge is 0.493 e. The van der Waals surface area contributed by atoms with Gasteiger partial charge in [0.1, 0.15) is 5.75 Å². The lowest BCUT2D eigenvalue weighted by Crippen LogP contribution is -2.47. The average Bonchev–Trinajstić information content (AvgIpc) is 3.14. The van der Waals surface area contributed by atoms with Crippen molar-refractivity contribution in [3.05, 3.63) is 41.6 Å². The molecule has 0 amide bonds. The average molecular weight is 340 g/mol. The fourth-order valence-corrected chi connectivity index (χ4v) is 3.45. The van der Waals surface area contributed by atoms with E-state index in [0.29, 0.717) is 5.88 Å². The zero-order chi connectivity index (χ0) is 17.1. The number of anilines is 1. The molecule has 4 rings (SSSR count). The quantitative estimate of drug-likeness (QED) is 0.827. The Morgan fingerprint density at radius 2 is 2.04 bits per heavy atom. The number of ether oxygens (including phenoxy) is 2. The molecule has 0 N–H and O–H groups in total. The Morgan fingerprint density at radius 3 is 2.88 bits per heavy atom. The molecule has 2 aliphatic rings. The van der Waals surface area contributed by atoms with Crippen LogP contribution in [-0.2, 0) is 12.8 Å². The lowest BCUT2D eigenvalue weighted by molar-refractivity contribution is 0.259. The van der Waals surface area contributed by atoms with Crippen molar-refractivity contribution in [2.75, 3.05) is 51.3 Å². The van der Waals surface area contributed by atoms with E-state index in [9.17, 15) is 0 Å². The number of hydrogen-bond acceptors (Lipinski definition) is 6. The Morgan fingerprint density at radius 1 is 1.16 bits per heavy atom. The summed E-state index contributed by atoms with van der Waals surface area (Å²) in [5.74, 6) is 2.45. The maximum absolute atomic E-state index is 5.58. The summed E-state index contributed by atoms with van der Waals surface area (Å²) in [6, 6.07) is 8.41. The third kappa shape index (κ3) is 3.69. The topological polar surface area (TPSA) is 50.7 Å². The summed E-state index contributed by atoms with van der Waals surface area (Å²) in [5, 5.41) is 0. The van der Waals surface area contributed by atoms with E-state index in [0.717, 1.165) is 63.9 Å². The zero-order valence-corrected chi connectivity index (χ0v) is 14.6. The van der Waals surface area contributed by atoms with E-state index in [2.05, 4.69) is 38.0 Å². The molecule has 1 saturated heterocycles. The third-order valence-electron chi connectivity index (χ3n) is 4.95. The highest BCUT2D eigenvalue weighted by molar-refractivity contribution is 5.40. The molecule has 2 aliphatic heterocycles. The molecule has 0 atom stereocenters. The highest BCUT2D eigenvalue weighted by Crippen LogP contribution is 2.26. The fraction of sp³-hybridized carbons (Fsp3) is 0.474. The van der Waals surface area contributed by atoms with E-state index in [1.807, 2.05) is 0 Å². The number of benzene rings is 1. The zero-order valence-electron chi connectivity index (χ0n) is 14.6. The summed E-state index contributed by atoms with van der Waals surface area (Å²) in [4.78, 5) is 13.5. The fourth-order valence-electron chi connectivity index (χ4n) is 3.45. The lowest BCUT2D eigenvalue weighted by Gasteiger charge is -2.34. The van der Waals surface area contributed by atoms with E-state index in [4.69, 9.17) is 9.47 Å². The minimum Gasteiger partial charge on any atom is -0.493 e. The van der Waals surface area contributed by atoms with Crippen LogP contribution in [0.3, 0.4) is 0 Å². The summed E-state index contributed by atoms with van der Waals surface area (Å²) in [6.45, 7) is 5.89. The van der Waals surface area contributed by atoms with Gasteiger partial charge in [-0.25, -0.2) is 4.98 Å². The van der Waals surface area contributed by atoms with Gasteiger partial charge in [0.15, 0.2) is 0 Å². The van der Waals surface area contributed by atoms with Crippen LogP contribution in [0.5, 0.6) is 11.6 Å². The normalized spacial score (nSPS) is 17.2. The van der Waals surface area contributed by atoms with Crippen molar-refractivity contribution >= 4 is 5.95 Å². The van der Waals surface area contributed by atoms with Crippen LogP contribution in [0.2, 0.25) is 0 Å². The van der Waals surface area contributed by atoms with Crippen LogP contribution in [0, 0.1) is 0 Å². The number of rotatable bonds is 5. The highest BCUT2D eigenvalue weighted by atomic mass is 16.5. The predicted octanol–water partition coefficient (Wildman–Crippen LogP) is 1.78. The van der Waals surface area contributed by atoms with Gasteiger partial charge in [0.25, 0.3) is 0 Å². The number of hydrogen-bond donors (Lipinski definition) is 0. The number of methoxy groups -OCH3 is 1. The number of piperazine rings is 1. The maximum Gasteiger partial charge on any atom is 0.228 e. The summed E-state index contributed by atoms with van der Waals surface area (Å²) in [7, 11) is 1.63. The van der Waals surface area contributed by atoms with Gasteiger partial charge in [0, 0.05) is 51.4 Å². The SMILES string of the molecule is COc1ccnc(N2CCN(CCc3ccc4c(c3)CCO4)CC2)n1. The van der Waals surface area contributed by atoms with Gasteiger partial charge in [0.2, 0.25) is 11.8 Å². The van der Waals surface area contributed by atoms with Crippen molar-refractivity contribution in [3.8, 4) is 11.6 Å². The second kappa shape index (κ2) is 7.27. The first-order chi connectivity index (χ1) is 12.3. The van der Waals surface area contributed by atoms with Crippen LogP contribution in [0.25, 0.3) is 0 Å². The van der Waals surface area contributed by atoms with Gasteiger partial charge >= 0.3 is 0 Å². The Balaban J connectivity index is 1.29. The molecule has 0 radical (unpaired) electrons. The number of fused-ring (bicyclic) bond motifs is 1. The molecule has 1 aromatic heterocycles. The monoisotopic (exact) mass is 340 g/mol. The summed E-state index contributed by atoms with van der Waals surface area (Å²) in [5.41, 5.74) is 2.76. The summed E-state index contributed by atoms with van der Waals surface area (Å²) in [6.07, 6.45) is 3.89. The summed E-state index contributed by atoms with van der Waals surface area (Å²) < 4.78 is 10.8. The molecule has 3 heterocycles. The van der Waals surface area contributed by atoms with E-state index in [1.54, 1.807) is 19.4 Å². The van der Waals surface area contributed by atoms with Crippen LogP contribution < -0.4 is 14.4 Å². The van der Waals surface area contributed by atoms with Crippen LogP contribution >= 0.6 is 0 Å². The Bertz CT molecular complexity index is 729. The standard InChI is InChI=1S/C19H24N4O2/c1-24-18-4-7-20-19(21-18)23-11-9-22(10-12-23)8-5-15-2-3-17-16(14-15)6-13-25-17/h2-4,7,14H,5-6,8-13H2,1H3. The molecule has 0 aliphatic carbocycles. The van der Waals surface area contributed by atoms with Crippen molar-refractivity contribution in [2.24, 2.45) is 0 Å². The molecule has 2 aromatic rings. The van der Waals surface area contributed by atoms with Gasteiger partial charge in [-0.15, -0.1) is 0 Å². The molecule has 25 heavy (non-hydrogen) atoms. The number of aromatic nitrogens is 2. The van der Waals surface area contributed by atoms with Crippen molar-refractivity contribution < 1.29 is 9.47 Å². The minimum absolute atomic E-state index is 0.619. The van der Waals surface area contributed by atoms with Crippen LogP contribution in [0.15, 0.2) is 30.5 Å². The molecular weight excluding hydrogens is 316 g/mol. The van der Waals surface area contributed by atoms with Gasteiger partial charge in [-0.1, -0.05) is 12.1 Å².